The molecular formula is C24H27N5O3S. The molecule has 0 saturated heterocycles. The number of imidazole rings is 1. The number of nitriles is 1. The van der Waals surface area contributed by atoms with Crippen LogP contribution in [0.3, 0.4) is 0 Å². The maximum absolute atomic E-state index is 12.9. The first-order valence-electron chi connectivity index (χ1n) is 10.4. The molecule has 2 aromatic carbocycles. The van der Waals surface area contributed by atoms with Gasteiger partial charge in [-0.1, -0.05) is 18.2 Å². The van der Waals surface area contributed by atoms with E-state index in [1.165, 1.54) is 18.4 Å². The van der Waals surface area contributed by atoms with Crippen molar-refractivity contribution in [1.29, 1.82) is 5.26 Å². The maximum atomic E-state index is 12.9. The van der Waals surface area contributed by atoms with Crippen LogP contribution in [0.2, 0.25) is 0 Å². The number of rotatable bonds is 9. The average Bonchev–Trinajstić information content (AvgIpc) is 3.12. The summed E-state index contributed by atoms with van der Waals surface area (Å²) in [5.74, 6) is 0.664. The van der Waals surface area contributed by atoms with Gasteiger partial charge in [-0.25, -0.2) is 17.7 Å². The van der Waals surface area contributed by atoms with Crippen LogP contribution < -0.4 is 0 Å². The van der Waals surface area contributed by atoms with E-state index in [9.17, 15) is 13.2 Å². The Balaban J connectivity index is 1.75. The standard InChI is InChI=1S/C24H27N5O3S/c1-5-14-29(17-19-8-6-18(16-25)7-9-19)24(30)13-12-23-26-21-15-20(33(31,32)27(2)3)10-11-22(21)28(23)4/h5-11,15H,1,12-14,17H2,2-4H3. The van der Waals surface area contributed by atoms with Gasteiger partial charge in [0.05, 0.1) is 27.6 Å². The topological polar surface area (TPSA) is 99.3 Å². The van der Waals surface area contributed by atoms with Gasteiger partial charge in [0.15, 0.2) is 0 Å². The Labute approximate surface area is 194 Å². The molecule has 1 heterocycles. The molecule has 1 amide bonds. The predicted octanol–water partition coefficient (Wildman–Crippen LogP) is 2.84. The fourth-order valence-electron chi connectivity index (χ4n) is 3.52. The van der Waals surface area contributed by atoms with Crippen LogP contribution in [0.1, 0.15) is 23.4 Å². The SMILES string of the molecule is C=CCN(Cc1ccc(C#N)cc1)C(=O)CCc1nc2cc(S(=O)(=O)N(C)C)ccc2n1C. The summed E-state index contributed by atoms with van der Waals surface area (Å²) < 4.78 is 27.9. The van der Waals surface area contributed by atoms with E-state index in [1.807, 2.05) is 23.7 Å². The molecule has 1 aromatic heterocycles. The Kier molecular flexibility index (Phi) is 7.31. The van der Waals surface area contributed by atoms with Crippen molar-refractivity contribution in [2.24, 2.45) is 7.05 Å². The molecule has 0 aliphatic rings. The van der Waals surface area contributed by atoms with Gasteiger partial charge in [0, 0.05) is 47.1 Å². The van der Waals surface area contributed by atoms with Crippen LogP contribution in [0.15, 0.2) is 60.0 Å². The highest BCUT2D eigenvalue weighted by Gasteiger charge is 2.20. The van der Waals surface area contributed by atoms with Crippen molar-refractivity contribution in [2.75, 3.05) is 20.6 Å². The summed E-state index contributed by atoms with van der Waals surface area (Å²) in [6.07, 6.45) is 2.36. The molecule has 0 radical (unpaired) electrons. The molecule has 0 unspecified atom stereocenters. The van der Waals surface area contributed by atoms with Gasteiger partial charge in [-0.15, -0.1) is 6.58 Å². The molecule has 0 bridgehead atoms. The van der Waals surface area contributed by atoms with Gasteiger partial charge < -0.3 is 9.47 Å². The van der Waals surface area contributed by atoms with Crippen molar-refractivity contribution in [1.82, 2.24) is 18.8 Å². The fraction of sp³-hybridized carbons (Fsp3) is 0.292. The Morgan fingerprint density at radius 2 is 1.91 bits per heavy atom. The third-order valence-corrected chi connectivity index (χ3v) is 7.26. The van der Waals surface area contributed by atoms with E-state index in [4.69, 9.17) is 5.26 Å². The zero-order chi connectivity index (χ0) is 24.2. The van der Waals surface area contributed by atoms with E-state index in [0.29, 0.717) is 36.4 Å². The smallest absolute Gasteiger partial charge is 0.242 e. The van der Waals surface area contributed by atoms with E-state index < -0.39 is 10.0 Å². The average molecular weight is 466 g/mol. The summed E-state index contributed by atoms with van der Waals surface area (Å²) in [5, 5.41) is 8.95. The molecular weight excluding hydrogens is 438 g/mol. The Bertz CT molecular complexity index is 1320. The fourth-order valence-corrected chi connectivity index (χ4v) is 4.44. The van der Waals surface area contributed by atoms with Gasteiger partial charge in [0.1, 0.15) is 5.82 Å². The van der Waals surface area contributed by atoms with Crippen LogP contribution in [-0.4, -0.2) is 53.7 Å². The second-order valence-electron chi connectivity index (χ2n) is 7.90. The molecule has 0 spiro atoms. The van der Waals surface area contributed by atoms with Crippen molar-refractivity contribution >= 4 is 27.0 Å². The van der Waals surface area contributed by atoms with E-state index in [-0.39, 0.29) is 17.2 Å². The molecule has 0 fully saturated rings. The first kappa shape index (κ1) is 24.2. The van der Waals surface area contributed by atoms with E-state index in [0.717, 1.165) is 11.1 Å². The number of aryl methyl sites for hydroxylation is 2. The minimum absolute atomic E-state index is 0.0396. The normalized spacial score (nSPS) is 11.5. The Morgan fingerprint density at radius 3 is 2.52 bits per heavy atom. The van der Waals surface area contributed by atoms with Crippen LogP contribution >= 0.6 is 0 Å². The van der Waals surface area contributed by atoms with Crippen LogP contribution in [-0.2, 0) is 34.8 Å². The number of amides is 1. The molecule has 33 heavy (non-hydrogen) atoms. The number of hydrogen-bond acceptors (Lipinski definition) is 5. The van der Waals surface area contributed by atoms with Gasteiger partial charge in [-0.3, -0.25) is 4.79 Å². The van der Waals surface area contributed by atoms with Gasteiger partial charge in [0.2, 0.25) is 15.9 Å². The lowest BCUT2D eigenvalue weighted by Gasteiger charge is -2.21. The highest BCUT2D eigenvalue weighted by molar-refractivity contribution is 7.89. The predicted molar refractivity (Wildman–Crippen MR) is 127 cm³/mol. The molecule has 8 nitrogen and oxygen atoms in total. The lowest BCUT2D eigenvalue weighted by atomic mass is 10.1. The highest BCUT2D eigenvalue weighted by Crippen LogP contribution is 2.22. The van der Waals surface area contributed by atoms with E-state index >= 15 is 0 Å². The number of aromatic nitrogens is 2. The number of benzene rings is 2. The number of sulfonamides is 1. The molecule has 0 N–H and O–H groups in total. The van der Waals surface area contributed by atoms with Gasteiger partial charge >= 0.3 is 0 Å². The molecule has 3 aromatic rings. The first-order chi connectivity index (χ1) is 15.7. The second kappa shape index (κ2) is 9.98. The zero-order valence-corrected chi connectivity index (χ0v) is 19.8. The number of carbonyl (C=O) groups excluding carboxylic acids is 1. The van der Waals surface area contributed by atoms with Crippen molar-refractivity contribution in [3.05, 3.63) is 72.1 Å². The van der Waals surface area contributed by atoms with Crippen LogP contribution in [0, 0.1) is 11.3 Å². The molecule has 0 aliphatic carbocycles. The number of fused-ring (bicyclic) bond motifs is 1. The third-order valence-electron chi connectivity index (χ3n) is 5.44. The zero-order valence-electron chi connectivity index (χ0n) is 19.0. The maximum Gasteiger partial charge on any atom is 0.242 e. The van der Waals surface area contributed by atoms with Crippen LogP contribution in [0.4, 0.5) is 0 Å². The molecule has 0 atom stereocenters. The molecule has 0 saturated carbocycles. The summed E-state index contributed by atoms with van der Waals surface area (Å²) in [7, 11) is 1.28. The Morgan fingerprint density at radius 1 is 1.21 bits per heavy atom. The van der Waals surface area contributed by atoms with Crippen LogP contribution in [0.25, 0.3) is 11.0 Å². The van der Waals surface area contributed by atoms with Gasteiger partial charge in [-0.05, 0) is 35.9 Å². The second-order valence-corrected chi connectivity index (χ2v) is 10.0. The molecule has 172 valence electrons. The third kappa shape index (κ3) is 5.30. The van der Waals surface area contributed by atoms with Gasteiger partial charge in [0.25, 0.3) is 0 Å². The largest absolute Gasteiger partial charge is 0.335 e. The quantitative estimate of drug-likeness (QED) is 0.453. The summed E-state index contributed by atoms with van der Waals surface area (Å²) in [6, 6.07) is 14.1. The molecule has 3 rings (SSSR count). The molecule has 0 aliphatic heterocycles. The summed E-state index contributed by atoms with van der Waals surface area (Å²) in [4.78, 5) is 19.4. The summed E-state index contributed by atoms with van der Waals surface area (Å²) in [6.45, 7) is 4.58. The first-order valence-corrected chi connectivity index (χ1v) is 11.9. The van der Waals surface area contributed by atoms with Crippen LogP contribution in [0.5, 0.6) is 0 Å². The number of carbonyl (C=O) groups is 1. The summed E-state index contributed by atoms with van der Waals surface area (Å²) in [5.41, 5.74) is 2.88. The lowest BCUT2D eigenvalue weighted by Crippen LogP contribution is -2.31. The number of hydrogen-bond donors (Lipinski definition) is 0. The number of nitrogens with zero attached hydrogens (tertiary/aromatic N) is 5. The van der Waals surface area contributed by atoms with Crippen molar-refractivity contribution in [3.63, 3.8) is 0 Å². The highest BCUT2D eigenvalue weighted by atomic mass is 32.2. The Hall–Kier alpha value is -3.48. The lowest BCUT2D eigenvalue weighted by molar-refractivity contribution is -0.131. The van der Waals surface area contributed by atoms with Gasteiger partial charge in [-0.2, -0.15) is 5.26 Å². The van der Waals surface area contributed by atoms with E-state index in [2.05, 4.69) is 17.6 Å². The minimum Gasteiger partial charge on any atom is -0.335 e. The minimum atomic E-state index is -3.55. The van der Waals surface area contributed by atoms with Crippen molar-refractivity contribution < 1.29 is 13.2 Å². The summed E-state index contributed by atoms with van der Waals surface area (Å²) >= 11 is 0. The monoisotopic (exact) mass is 465 g/mol. The molecule has 9 heteroatoms. The van der Waals surface area contributed by atoms with E-state index in [1.54, 1.807) is 41.3 Å². The van der Waals surface area contributed by atoms with Crippen molar-refractivity contribution in [3.8, 4) is 6.07 Å². The van der Waals surface area contributed by atoms with Crippen molar-refractivity contribution in [2.45, 2.75) is 24.3 Å².